The van der Waals surface area contributed by atoms with Gasteiger partial charge in [0.2, 0.25) is 5.95 Å². The van der Waals surface area contributed by atoms with Gasteiger partial charge in [-0.25, -0.2) is 9.37 Å². The summed E-state index contributed by atoms with van der Waals surface area (Å²) in [5, 5.41) is 6.60. The van der Waals surface area contributed by atoms with Crippen LogP contribution in [0, 0.1) is 18.7 Å². The Bertz CT molecular complexity index is 969. The van der Waals surface area contributed by atoms with Gasteiger partial charge in [0.1, 0.15) is 11.6 Å². The van der Waals surface area contributed by atoms with Crippen molar-refractivity contribution in [2.45, 2.75) is 64.3 Å². The van der Waals surface area contributed by atoms with Gasteiger partial charge in [-0.3, -0.25) is 4.79 Å². The van der Waals surface area contributed by atoms with Crippen LogP contribution >= 0.6 is 0 Å². The topological polar surface area (TPSA) is 70.2 Å². The molecule has 0 aliphatic heterocycles. The SMILES string of the molecule is Cc1cc(C(=O)NCC2CCC(Nc3nc4c(c(N(C)C)n3)CCCC4)CC2)ccc1F. The standard InChI is InChI=1S/C25H34FN5O/c1-16-14-18(10-13-21(16)26)24(32)27-15-17-8-11-19(12-9-17)28-25-29-22-7-5-4-6-20(22)23(30-25)31(2)3/h10,13-14,17,19H,4-9,11-12,15H2,1-3H3,(H,27,32)(H,28,29,30). The van der Waals surface area contributed by atoms with Crippen LogP contribution in [0.2, 0.25) is 0 Å². The molecule has 0 radical (unpaired) electrons. The van der Waals surface area contributed by atoms with Gasteiger partial charge in [0.15, 0.2) is 0 Å². The van der Waals surface area contributed by atoms with E-state index in [2.05, 4.69) is 15.5 Å². The normalized spacial score (nSPS) is 20.4. The predicted octanol–water partition coefficient (Wildman–Crippen LogP) is 4.27. The van der Waals surface area contributed by atoms with Gasteiger partial charge in [-0.15, -0.1) is 0 Å². The van der Waals surface area contributed by atoms with Gasteiger partial charge in [0, 0.05) is 37.8 Å². The molecule has 0 bridgehead atoms. The van der Waals surface area contributed by atoms with E-state index in [1.165, 1.54) is 30.2 Å². The van der Waals surface area contributed by atoms with E-state index in [0.29, 0.717) is 29.6 Å². The molecule has 1 aromatic carbocycles. The van der Waals surface area contributed by atoms with Crippen LogP contribution < -0.4 is 15.5 Å². The molecule has 0 unspecified atom stereocenters. The maximum atomic E-state index is 13.4. The van der Waals surface area contributed by atoms with E-state index in [4.69, 9.17) is 9.97 Å². The summed E-state index contributed by atoms with van der Waals surface area (Å²) in [5.41, 5.74) is 3.51. The van der Waals surface area contributed by atoms with Crippen molar-refractivity contribution in [1.29, 1.82) is 0 Å². The van der Waals surface area contributed by atoms with E-state index in [9.17, 15) is 9.18 Å². The number of fused-ring (bicyclic) bond motifs is 1. The fourth-order valence-electron chi connectivity index (χ4n) is 4.83. The van der Waals surface area contributed by atoms with Gasteiger partial charge in [0.05, 0.1) is 5.69 Å². The van der Waals surface area contributed by atoms with Crippen molar-refractivity contribution in [3.63, 3.8) is 0 Å². The van der Waals surface area contributed by atoms with Crippen LogP contribution in [0.1, 0.15) is 65.7 Å². The van der Waals surface area contributed by atoms with Gasteiger partial charge in [-0.05, 0) is 88.0 Å². The number of rotatable bonds is 6. The van der Waals surface area contributed by atoms with Crippen LogP contribution in [0.15, 0.2) is 18.2 Å². The fourth-order valence-corrected chi connectivity index (χ4v) is 4.83. The first kappa shape index (κ1) is 22.5. The third-order valence-electron chi connectivity index (χ3n) is 6.74. The summed E-state index contributed by atoms with van der Waals surface area (Å²) in [6.45, 7) is 2.33. The Morgan fingerprint density at radius 2 is 1.88 bits per heavy atom. The number of hydrogen-bond donors (Lipinski definition) is 2. The lowest BCUT2D eigenvalue weighted by Gasteiger charge is -2.30. The van der Waals surface area contributed by atoms with Crippen LogP contribution in [0.3, 0.4) is 0 Å². The smallest absolute Gasteiger partial charge is 0.251 e. The number of nitrogens with zero attached hydrogens (tertiary/aromatic N) is 3. The van der Waals surface area contributed by atoms with Crippen molar-refractivity contribution >= 4 is 17.7 Å². The maximum Gasteiger partial charge on any atom is 0.251 e. The van der Waals surface area contributed by atoms with E-state index in [-0.39, 0.29) is 11.7 Å². The maximum absolute atomic E-state index is 13.4. The third kappa shape index (κ3) is 5.19. The summed E-state index contributed by atoms with van der Waals surface area (Å²) in [7, 11) is 4.10. The second-order valence-electron chi connectivity index (χ2n) is 9.43. The van der Waals surface area contributed by atoms with Gasteiger partial charge in [-0.1, -0.05) is 0 Å². The summed E-state index contributed by atoms with van der Waals surface area (Å²) in [6, 6.07) is 4.86. The highest BCUT2D eigenvalue weighted by atomic mass is 19.1. The molecule has 0 spiro atoms. The molecule has 1 aromatic heterocycles. The molecule has 4 rings (SSSR count). The Morgan fingerprint density at radius 1 is 1.12 bits per heavy atom. The molecular weight excluding hydrogens is 405 g/mol. The van der Waals surface area contributed by atoms with Crippen LogP contribution in [0.4, 0.5) is 16.2 Å². The molecule has 2 aliphatic carbocycles. The number of amides is 1. The lowest BCUT2D eigenvalue weighted by atomic mass is 9.86. The first-order valence-electron chi connectivity index (χ1n) is 11.8. The number of hydrogen-bond acceptors (Lipinski definition) is 5. The molecule has 0 atom stereocenters. The number of carbonyl (C=O) groups excluding carboxylic acids is 1. The number of carbonyl (C=O) groups is 1. The molecule has 172 valence electrons. The fraction of sp³-hybridized carbons (Fsp3) is 0.560. The van der Waals surface area contributed by atoms with Crippen molar-refractivity contribution in [3.05, 3.63) is 46.4 Å². The highest BCUT2D eigenvalue weighted by Crippen LogP contribution is 2.30. The van der Waals surface area contributed by atoms with Crippen molar-refractivity contribution in [1.82, 2.24) is 15.3 Å². The molecule has 0 saturated heterocycles. The largest absolute Gasteiger partial charge is 0.362 e. The summed E-state index contributed by atoms with van der Waals surface area (Å²) in [4.78, 5) is 24.2. The van der Waals surface area contributed by atoms with Crippen molar-refractivity contribution < 1.29 is 9.18 Å². The first-order valence-corrected chi connectivity index (χ1v) is 11.8. The van der Waals surface area contributed by atoms with E-state index in [1.807, 2.05) is 14.1 Å². The number of nitrogens with one attached hydrogen (secondary N) is 2. The summed E-state index contributed by atoms with van der Waals surface area (Å²) >= 11 is 0. The van der Waals surface area contributed by atoms with Gasteiger partial charge in [0.25, 0.3) is 5.91 Å². The molecule has 1 saturated carbocycles. The second-order valence-corrected chi connectivity index (χ2v) is 9.43. The highest BCUT2D eigenvalue weighted by Gasteiger charge is 2.24. The number of anilines is 2. The number of halogens is 1. The highest BCUT2D eigenvalue weighted by molar-refractivity contribution is 5.94. The average Bonchev–Trinajstić information content (AvgIpc) is 2.79. The lowest BCUT2D eigenvalue weighted by molar-refractivity contribution is 0.0943. The van der Waals surface area contributed by atoms with Gasteiger partial charge in [-0.2, -0.15) is 4.98 Å². The minimum Gasteiger partial charge on any atom is -0.362 e. The summed E-state index contributed by atoms with van der Waals surface area (Å²) in [5.74, 6) is 1.84. The minimum atomic E-state index is -0.284. The molecule has 2 N–H and O–H groups in total. The molecule has 1 fully saturated rings. The summed E-state index contributed by atoms with van der Waals surface area (Å²) < 4.78 is 13.4. The third-order valence-corrected chi connectivity index (χ3v) is 6.74. The summed E-state index contributed by atoms with van der Waals surface area (Å²) in [6.07, 6.45) is 8.68. The van der Waals surface area contributed by atoms with Crippen LogP contribution in [0.25, 0.3) is 0 Å². The monoisotopic (exact) mass is 439 g/mol. The molecular formula is C25H34FN5O. The van der Waals surface area contributed by atoms with E-state index in [1.54, 1.807) is 19.1 Å². The zero-order valence-electron chi connectivity index (χ0n) is 19.4. The van der Waals surface area contributed by atoms with Crippen LogP contribution in [-0.4, -0.2) is 42.6 Å². The Balaban J connectivity index is 1.29. The zero-order chi connectivity index (χ0) is 22.7. The van der Waals surface area contributed by atoms with Crippen LogP contribution in [-0.2, 0) is 12.8 Å². The van der Waals surface area contributed by atoms with Gasteiger partial charge < -0.3 is 15.5 Å². The second kappa shape index (κ2) is 9.84. The first-order chi connectivity index (χ1) is 15.4. The Hall–Kier alpha value is -2.70. The van der Waals surface area contributed by atoms with Gasteiger partial charge >= 0.3 is 0 Å². The lowest BCUT2D eigenvalue weighted by Crippen LogP contribution is -2.34. The van der Waals surface area contributed by atoms with E-state index >= 15 is 0 Å². The molecule has 32 heavy (non-hydrogen) atoms. The molecule has 6 nitrogen and oxygen atoms in total. The predicted molar refractivity (Wildman–Crippen MR) is 126 cm³/mol. The number of aryl methyl sites for hydroxylation is 2. The molecule has 7 heteroatoms. The van der Waals surface area contributed by atoms with Crippen molar-refractivity contribution in [2.75, 3.05) is 30.9 Å². The number of aromatic nitrogens is 2. The Kier molecular flexibility index (Phi) is 6.92. The molecule has 1 heterocycles. The Labute approximate surface area is 190 Å². The van der Waals surface area contributed by atoms with Crippen molar-refractivity contribution in [2.24, 2.45) is 5.92 Å². The van der Waals surface area contributed by atoms with E-state index in [0.717, 1.165) is 50.3 Å². The Morgan fingerprint density at radius 3 is 2.59 bits per heavy atom. The average molecular weight is 440 g/mol. The molecule has 2 aliphatic rings. The minimum absolute atomic E-state index is 0.132. The number of benzene rings is 1. The zero-order valence-corrected chi connectivity index (χ0v) is 19.4. The quantitative estimate of drug-likeness (QED) is 0.703. The van der Waals surface area contributed by atoms with Crippen molar-refractivity contribution in [3.8, 4) is 0 Å². The van der Waals surface area contributed by atoms with E-state index < -0.39 is 0 Å². The van der Waals surface area contributed by atoms with Crippen LogP contribution in [0.5, 0.6) is 0 Å². The molecule has 1 amide bonds. The molecule has 2 aromatic rings.